The van der Waals surface area contributed by atoms with Crippen molar-refractivity contribution in [3.05, 3.63) is 59.2 Å². The van der Waals surface area contributed by atoms with Crippen molar-refractivity contribution in [2.45, 2.75) is 37.0 Å². The van der Waals surface area contributed by atoms with Gasteiger partial charge in [-0.1, -0.05) is 24.6 Å². The minimum absolute atomic E-state index is 0.151. The van der Waals surface area contributed by atoms with Crippen LogP contribution in [0.15, 0.2) is 47.4 Å². The van der Waals surface area contributed by atoms with E-state index < -0.39 is 9.84 Å². The lowest BCUT2D eigenvalue weighted by molar-refractivity contribution is 0.102. The molecule has 0 spiro atoms. The summed E-state index contributed by atoms with van der Waals surface area (Å²) in [7, 11) is -3.34. The van der Waals surface area contributed by atoms with E-state index in [9.17, 15) is 13.2 Å². The molecule has 4 nitrogen and oxygen atoms in total. The van der Waals surface area contributed by atoms with E-state index in [1.165, 1.54) is 37.0 Å². The third kappa shape index (κ3) is 3.51. The highest BCUT2D eigenvalue weighted by atomic mass is 32.2. The summed E-state index contributed by atoms with van der Waals surface area (Å²) in [5.41, 5.74) is 3.15. The molecule has 0 aromatic heterocycles. The molecule has 1 aliphatic carbocycles. The second kappa shape index (κ2) is 6.40. The first-order chi connectivity index (χ1) is 11.3. The van der Waals surface area contributed by atoms with Crippen LogP contribution in [-0.4, -0.2) is 20.6 Å². The molecular formula is C19H21NO3S. The average Bonchev–Trinajstić information content (AvgIpc) is 2.46. The van der Waals surface area contributed by atoms with Gasteiger partial charge in [-0.2, -0.15) is 0 Å². The molecule has 0 heterocycles. The quantitative estimate of drug-likeness (QED) is 0.915. The predicted molar refractivity (Wildman–Crippen MR) is 95.3 cm³/mol. The SMILES string of the molecule is Cc1ccc(S(C)(=O)=O)cc1C(=O)Nc1ccc(C2CCC2)cc1. The Morgan fingerprint density at radius 3 is 2.29 bits per heavy atom. The maximum Gasteiger partial charge on any atom is 0.255 e. The zero-order chi connectivity index (χ0) is 17.3. The van der Waals surface area contributed by atoms with Crippen molar-refractivity contribution in [1.29, 1.82) is 0 Å². The first-order valence-corrected chi connectivity index (χ1v) is 9.96. The molecule has 0 bridgehead atoms. The van der Waals surface area contributed by atoms with Gasteiger partial charge in [-0.3, -0.25) is 4.79 Å². The summed E-state index contributed by atoms with van der Waals surface area (Å²) in [5.74, 6) is 0.359. The molecule has 0 radical (unpaired) electrons. The number of aryl methyl sites for hydroxylation is 1. The van der Waals surface area contributed by atoms with Gasteiger partial charge in [-0.15, -0.1) is 0 Å². The largest absolute Gasteiger partial charge is 0.322 e. The summed E-state index contributed by atoms with van der Waals surface area (Å²) in [6, 6.07) is 12.5. The molecule has 0 aliphatic heterocycles. The lowest BCUT2D eigenvalue weighted by Gasteiger charge is -2.25. The van der Waals surface area contributed by atoms with Gasteiger partial charge in [-0.05, 0) is 61.1 Å². The zero-order valence-electron chi connectivity index (χ0n) is 13.9. The van der Waals surface area contributed by atoms with Gasteiger partial charge in [0.15, 0.2) is 9.84 Å². The van der Waals surface area contributed by atoms with Gasteiger partial charge >= 0.3 is 0 Å². The summed E-state index contributed by atoms with van der Waals surface area (Å²) < 4.78 is 23.4. The Bertz CT molecular complexity index is 866. The van der Waals surface area contributed by atoms with Crippen molar-refractivity contribution in [2.75, 3.05) is 11.6 Å². The minimum Gasteiger partial charge on any atom is -0.322 e. The number of benzene rings is 2. The molecule has 0 unspecified atom stereocenters. The van der Waals surface area contributed by atoms with Crippen molar-refractivity contribution in [1.82, 2.24) is 0 Å². The van der Waals surface area contributed by atoms with Gasteiger partial charge in [-0.25, -0.2) is 8.42 Å². The smallest absolute Gasteiger partial charge is 0.255 e. The van der Waals surface area contributed by atoms with Crippen LogP contribution in [0.4, 0.5) is 5.69 Å². The Morgan fingerprint density at radius 2 is 1.75 bits per heavy atom. The molecule has 2 aromatic rings. The lowest BCUT2D eigenvalue weighted by atomic mass is 9.80. The minimum atomic E-state index is -3.34. The number of carbonyl (C=O) groups excluding carboxylic acids is 1. The Balaban J connectivity index is 1.79. The zero-order valence-corrected chi connectivity index (χ0v) is 14.7. The van der Waals surface area contributed by atoms with Crippen LogP contribution in [0.5, 0.6) is 0 Å². The normalized spacial score (nSPS) is 14.9. The summed E-state index contributed by atoms with van der Waals surface area (Å²) in [4.78, 5) is 12.6. The molecular weight excluding hydrogens is 322 g/mol. The number of rotatable bonds is 4. The van der Waals surface area contributed by atoms with Crippen molar-refractivity contribution in [3.63, 3.8) is 0 Å². The van der Waals surface area contributed by atoms with Gasteiger partial charge < -0.3 is 5.32 Å². The molecule has 1 amide bonds. The fourth-order valence-electron chi connectivity index (χ4n) is 2.86. The van der Waals surface area contributed by atoms with E-state index in [1.54, 1.807) is 13.0 Å². The first-order valence-electron chi connectivity index (χ1n) is 8.06. The Morgan fingerprint density at radius 1 is 1.08 bits per heavy atom. The fourth-order valence-corrected chi connectivity index (χ4v) is 3.50. The lowest BCUT2D eigenvalue weighted by Crippen LogP contribution is -2.14. The second-order valence-corrected chi connectivity index (χ2v) is 8.47. The van der Waals surface area contributed by atoms with E-state index in [4.69, 9.17) is 0 Å². The number of amides is 1. The third-order valence-electron chi connectivity index (χ3n) is 4.63. The molecule has 1 N–H and O–H groups in total. The fraction of sp³-hybridized carbons (Fsp3) is 0.316. The van der Waals surface area contributed by atoms with Crippen LogP contribution < -0.4 is 5.32 Å². The summed E-state index contributed by atoms with van der Waals surface area (Å²) in [5, 5.41) is 2.85. The summed E-state index contributed by atoms with van der Waals surface area (Å²) in [6.07, 6.45) is 4.91. The predicted octanol–water partition coefficient (Wildman–Crippen LogP) is 3.92. The molecule has 126 valence electrons. The molecule has 0 saturated heterocycles. The Hall–Kier alpha value is -2.14. The second-order valence-electron chi connectivity index (χ2n) is 6.45. The van der Waals surface area contributed by atoms with E-state index in [1.807, 2.05) is 12.1 Å². The molecule has 5 heteroatoms. The molecule has 1 saturated carbocycles. The number of hydrogen-bond donors (Lipinski definition) is 1. The molecule has 0 atom stereocenters. The number of carbonyl (C=O) groups is 1. The Labute approximate surface area is 142 Å². The van der Waals surface area contributed by atoms with E-state index >= 15 is 0 Å². The van der Waals surface area contributed by atoms with Crippen LogP contribution in [0.3, 0.4) is 0 Å². The Kier molecular flexibility index (Phi) is 4.45. The highest BCUT2D eigenvalue weighted by Gasteiger charge is 2.19. The van der Waals surface area contributed by atoms with Gasteiger partial charge in [0, 0.05) is 17.5 Å². The average molecular weight is 343 g/mol. The molecule has 1 fully saturated rings. The standard InChI is InChI=1S/C19H21NO3S/c1-13-6-11-17(24(2,22)23)12-18(13)19(21)20-16-9-7-15(8-10-16)14-4-3-5-14/h6-12,14H,3-5H2,1-2H3,(H,20,21). The van der Waals surface area contributed by atoms with Crippen LogP contribution in [0, 0.1) is 6.92 Å². The van der Waals surface area contributed by atoms with Crippen LogP contribution in [0.1, 0.15) is 46.7 Å². The van der Waals surface area contributed by atoms with Gasteiger partial charge in [0.25, 0.3) is 5.91 Å². The van der Waals surface area contributed by atoms with Gasteiger partial charge in [0.05, 0.1) is 4.90 Å². The number of hydrogen-bond acceptors (Lipinski definition) is 3. The molecule has 3 rings (SSSR count). The van der Waals surface area contributed by atoms with Crippen LogP contribution in [-0.2, 0) is 9.84 Å². The van der Waals surface area contributed by atoms with E-state index in [0.717, 1.165) is 11.8 Å². The highest BCUT2D eigenvalue weighted by Crippen LogP contribution is 2.36. The number of sulfone groups is 1. The summed E-state index contributed by atoms with van der Waals surface area (Å²) >= 11 is 0. The topological polar surface area (TPSA) is 63.2 Å². The number of anilines is 1. The van der Waals surface area contributed by atoms with Crippen LogP contribution >= 0.6 is 0 Å². The maximum absolute atomic E-state index is 12.5. The highest BCUT2D eigenvalue weighted by molar-refractivity contribution is 7.90. The van der Waals surface area contributed by atoms with Crippen molar-refractivity contribution < 1.29 is 13.2 Å². The monoisotopic (exact) mass is 343 g/mol. The molecule has 1 aliphatic rings. The van der Waals surface area contributed by atoms with Crippen LogP contribution in [0.2, 0.25) is 0 Å². The van der Waals surface area contributed by atoms with E-state index in [0.29, 0.717) is 17.2 Å². The summed E-state index contributed by atoms with van der Waals surface area (Å²) in [6.45, 7) is 1.79. The molecule has 2 aromatic carbocycles. The van der Waals surface area contributed by atoms with E-state index in [-0.39, 0.29) is 10.8 Å². The van der Waals surface area contributed by atoms with Gasteiger partial charge in [0.1, 0.15) is 0 Å². The first kappa shape index (κ1) is 16.7. The third-order valence-corrected chi connectivity index (χ3v) is 5.74. The molecule has 24 heavy (non-hydrogen) atoms. The number of nitrogens with one attached hydrogen (secondary N) is 1. The maximum atomic E-state index is 12.5. The van der Waals surface area contributed by atoms with Crippen molar-refractivity contribution in [2.24, 2.45) is 0 Å². The van der Waals surface area contributed by atoms with Crippen molar-refractivity contribution >= 4 is 21.4 Å². The van der Waals surface area contributed by atoms with E-state index in [2.05, 4.69) is 17.4 Å². The van der Waals surface area contributed by atoms with Crippen molar-refractivity contribution in [3.8, 4) is 0 Å². The van der Waals surface area contributed by atoms with Gasteiger partial charge in [0.2, 0.25) is 0 Å². The van der Waals surface area contributed by atoms with Crippen LogP contribution in [0.25, 0.3) is 0 Å².